The quantitative estimate of drug-likeness (QED) is 0.600. The van der Waals surface area contributed by atoms with Gasteiger partial charge in [0.25, 0.3) is 0 Å². The summed E-state index contributed by atoms with van der Waals surface area (Å²) < 4.78 is 40.5. The van der Waals surface area contributed by atoms with Crippen LogP contribution in [0.3, 0.4) is 0 Å². The molecule has 1 N–H and O–H groups in total. The highest BCUT2D eigenvalue weighted by molar-refractivity contribution is 14.1. The van der Waals surface area contributed by atoms with Crippen molar-refractivity contribution in [3.05, 3.63) is 17.7 Å². The van der Waals surface area contributed by atoms with E-state index in [2.05, 4.69) is 27.3 Å². The Labute approximate surface area is 125 Å². The van der Waals surface area contributed by atoms with E-state index in [1.54, 1.807) is 7.11 Å². The standard InChI is InChI=1S/C11H14INO5S/c1-16-9-3-7(4-10-11(9)18-6-17-10)8(12)5-13-19(2,14)15/h3-4,8,13H,5-6H2,1-2H3. The van der Waals surface area contributed by atoms with Crippen LogP contribution in [0.25, 0.3) is 0 Å². The maximum absolute atomic E-state index is 11.1. The lowest BCUT2D eigenvalue weighted by atomic mass is 10.1. The van der Waals surface area contributed by atoms with Gasteiger partial charge in [0.05, 0.1) is 13.4 Å². The van der Waals surface area contributed by atoms with Crippen molar-refractivity contribution in [1.29, 1.82) is 0 Å². The molecule has 6 nitrogen and oxygen atoms in total. The van der Waals surface area contributed by atoms with Crippen molar-refractivity contribution in [3.63, 3.8) is 0 Å². The van der Waals surface area contributed by atoms with E-state index in [0.29, 0.717) is 23.8 Å². The van der Waals surface area contributed by atoms with Gasteiger partial charge in [0, 0.05) is 10.5 Å². The van der Waals surface area contributed by atoms with Crippen molar-refractivity contribution in [1.82, 2.24) is 4.72 Å². The molecule has 8 heteroatoms. The first-order chi connectivity index (χ1) is 8.90. The summed E-state index contributed by atoms with van der Waals surface area (Å²) in [4.78, 5) is 0. The molecule has 1 aromatic carbocycles. The number of hydrogen-bond donors (Lipinski definition) is 1. The van der Waals surface area contributed by atoms with E-state index in [1.807, 2.05) is 12.1 Å². The number of methoxy groups -OCH3 is 1. The Kier molecular flexibility index (Phi) is 4.41. The number of nitrogens with one attached hydrogen (secondary N) is 1. The molecule has 1 heterocycles. The molecular weight excluding hydrogens is 385 g/mol. The summed E-state index contributed by atoms with van der Waals surface area (Å²) >= 11 is 2.17. The summed E-state index contributed by atoms with van der Waals surface area (Å²) in [6, 6.07) is 3.67. The minimum atomic E-state index is -3.20. The molecule has 0 bridgehead atoms. The van der Waals surface area contributed by atoms with E-state index < -0.39 is 10.0 Å². The average Bonchev–Trinajstić information content (AvgIpc) is 2.81. The predicted octanol–water partition coefficient (Wildman–Crippen LogP) is 1.45. The van der Waals surface area contributed by atoms with Crippen LogP contribution in [-0.2, 0) is 10.0 Å². The fourth-order valence-corrected chi connectivity index (χ4v) is 3.02. The van der Waals surface area contributed by atoms with Crippen LogP contribution in [0.1, 0.15) is 9.49 Å². The highest BCUT2D eigenvalue weighted by Gasteiger charge is 2.22. The Morgan fingerprint density at radius 2 is 2.21 bits per heavy atom. The van der Waals surface area contributed by atoms with Gasteiger partial charge in [-0.3, -0.25) is 0 Å². The third kappa shape index (κ3) is 3.63. The molecule has 0 fully saturated rings. The van der Waals surface area contributed by atoms with Gasteiger partial charge in [0.15, 0.2) is 11.5 Å². The topological polar surface area (TPSA) is 73.9 Å². The number of sulfonamides is 1. The van der Waals surface area contributed by atoms with E-state index in [4.69, 9.17) is 14.2 Å². The monoisotopic (exact) mass is 399 g/mol. The van der Waals surface area contributed by atoms with Gasteiger partial charge in [-0.15, -0.1) is 0 Å². The molecule has 0 amide bonds. The number of benzene rings is 1. The molecular formula is C11H14INO5S. The molecule has 1 aliphatic rings. The fourth-order valence-electron chi connectivity index (χ4n) is 1.67. The molecule has 1 unspecified atom stereocenters. The average molecular weight is 399 g/mol. The lowest BCUT2D eigenvalue weighted by Gasteiger charge is -2.13. The number of fused-ring (bicyclic) bond motifs is 1. The van der Waals surface area contributed by atoms with Crippen LogP contribution in [-0.4, -0.2) is 35.1 Å². The van der Waals surface area contributed by atoms with Gasteiger partial charge in [0.2, 0.25) is 22.6 Å². The van der Waals surface area contributed by atoms with Gasteiger partial charge in [0.1, 0.15) is 0 Å². The zero-order valence-electron chi connectivity index (χ0n) is 10.5. The minimum absolute atomic E-state index is 0.0317. The van der Waals surface area contributed by atoms with Crippen molar-refractivity contribution >= 4 is 32.6 Å². The number of alkyl halides is 1. The van der Waals surface area contributed by atoms with Crippen molar-refractivity contribution in [2.24, 2.45) is 0 Å². The first-order valence-corrected chi connectivity index (χ1v) is 8.60. The van der Waals surface area contributed by atoms with Gasteiger partial charge in [-0.2, -0.15) is 0 Å². The van der Waals surface area contributed by atoms with Crippen LogP contribution in [0.2, 0.25) is 0 Å². The van der Waals surface area contributed by atoms with Crippen LogP contribution in [0.15, 0.2) is 12.1 Å². The summed E-state index contributed by atoms with van der Waals surface area (Å²) in [7, 11) is -1.64. The van der Waals surface area contributed by atoms with E-state index >= 15 is 0 Å². The van der Waals surface area contributed by atoms with Crippen LogP contribution >= 0.6 is 22.6 Å². The normalized spacial score (nSPS) is 15.3. The molecule has 2 rings (SSSR count). The second kappa shape index (κ2) is 5.71. The maximum Gasteiger partial charge on any atom is 0.231 e. The molecule has 1 aromatic rings. The molecule has 19 heavy (non-hydrogen) atoms. The fraction of sp³-hybridized carbons (Fsp3) is 0.455. The van der Waals surface area contributed by atoms with E-state index in [9.17, 15) is 8.42 Å². The number of halogens is 1. The highest BCUT2D eigenvalue weighted by Crippen LogP contribution is 2.44. The van der Waals surface area contributed by atoms with Crippen molar-refractivity contribution in [2.75, 3.05) is 26.7 Å². The molecule has 0 aliphatic carbocycles. The lowest BCUT2D eigenvalue weighted by molar-refractivity contribution is 0.171. The molecule has 0 radical (unpaired) electrons. The van der Waals surface area contributed by atoms with Crippen LogP contribution in [0.5, 0.6) is 17.2 Å². The molecule has 0 saturated carbocycles. The van der Waals surface area contributed by atoms with Gasteiger partial charge >= 0.3 is 0 Å². The summed E-state index contributed by atoms with van der Waals surface area (Å²) in [5.74, 6) is 1.80. The van der Waals surface area contributed by atoms with Gasteiger partial charge < -0.3 is 14.2 Å². The molecule has 106 valence electrons. The molecule has 0 spiro atoms. The Balaban J connectivity index is 2.21. The second-order valence-electron chi connectivity index (χ2n) is 4.05. The van der Waals surface area contributed by atoms with Gasteiger partial charge in [-0.1, -0.05) is 22.6 Å². The van der Waals surface area contributed by atoms with Crippen LogP contribution < -0.4 is 18.9 Å². The molecule has 0 saturated heterocycles. The summed E-state index contributed by atoms with van der Waals surface area (Å²) in [5.41, 5.74) is 0.915. The molecule has 1 aliphatic heterocycles. The number of rotatable bonds is 5. The second-order valence-corrected chi connectivity index (χ2v) is 7.38. The first kappa shape index (κ1) is 14.7. The highest BCUT2D eigenvalue weighted by atomic mass is 127. The van der Waals surface area contributed by atoms with E-state index in [-0.39, 0.29) is 10.7 Å². The Bertz CT molecular complexity index is 575. The lowest BCUT2D eigenvalue weighted by Crippen LogP contribution is -2.25. The summed E-state index contributed by atoms with van der Waals surface area (Å²) in [5, 5.41) is 0. The molecule has 0 aromatic heterocycles. The largest absolute Gasteiger partial charge is 0.493 e. The van der Waals surface area contributed by atoms with Crippen molar-refractivity contribution in [2.45, 2.75) is 3.92 Å². The van der Waals surface area contributed by atoms with Crippen LogP contribution in [0.4, 0.5) is 0 Å². The van der Waals surface area contributed by atoms with E-state index in [1.165, 1.54) is 0 Å². The Morgan fingerprint density at radius 3 is 2.84 bits per heavy atom. The number of hydrogen-bond acceptors (Lipinski definition) is 5. The van der Waals surface area contributed by atoms with Crippen molar-refractivity contribution in [3.8, 4) is 17.2 Å². The third-order valence-corrected chi connectivity index (χ3v) is 4.42. The SMILES string of the molecule is COc1cc(C(I)CNS(C)(=O)=O)cc2c1OCO2. The van der Waals surface area contributed by atoms with Gasteiger partial charge in [-0.25, -0.2) is 13.1 Å². The van der Waals surface area contributed by atoms with Gasteiger partial charge in [-0.05, 0) is 17.7 Å². The van der Waals surface area contributed by atoms with E-state index in [0.717, 1.165) is 11.8 Å². The Hall–Kier alpha value is -0.740. The van der Waals surface area contributed by atoms with Crippen LogP contribution in [0, 0.1) is 0 Å². The third-order valence-electron chi connectivity index (χ3n) is 2.57. The smallest absolute Gasteiger partial charge is 0.231 e. The first-order valence-electron chi connectivity index (χ1n) is 5.47. The minimum Gasteiger partial charge on any atom is -0.493 e. The Morgan fingerprint density at radius 1 is 1.47 bits per heavy atom. The maximum atomic E-state index is 11.1. The zero-order chi connectivity index (χ0) is 14.0. The van der Waals surface area contributed by atoms with Crippen molar-refractivity contribution < 1.29 is 22.6 Å². The summed E-state index contributed by atoms with van der Waals surface area (Å²) in [6.07, 6.45) is 1.14. The summed E-state index contributed by atoms with van der Waals surface area (Å²) in [6.45, 7) is 0.477. The predicted molar refractivity (Wildman–Crippen MR) is 78.7 cm³/mol. The zero-order valence-corrected chi connectivity index (χ0v) is 13.4. The number of ether oxygens (including phenoxy) is 3. The molecule has 1 atom stereocenters.